The second kappa shape index (κ2) is 12.5. The molecule has 2 rings (SSSR count). The number of carbonyl (C=O) groups is 4. The van der Waals surface area contributed by atoms with Gasteiger partial charge in [-0.25, -0.2) is 4.79 Å². The highest BCUT2D eigenvalue weighted by Gasteiger charge is 2.55. The Labute approximate surface area is 201 Å². The van der Waals surface area contributed by atoms with Crippen molar-refractivity contribution >= 4 is 23.8 Å². The average Bonchev–Trinajstić information content (AvgIpc) is 3.22. The minimum absolute atomic E-state index is 0.0588. The van der Waals surface area contributed by atoms with Gasteiger partial charge in [-0.1, -0.05) is 44.2 Å². The minimum atomic E-state index is -1.56. The molecule has 188 valence electrons. The van der Waals surface area contributed by atoms with Crippen LogP contribution in [0.15, 0.2) is 30.3 Å². The van der Waals surface area contributed by atoms with Crippen molar-refractivity contribution in [3.63, 3.8) is 0 Å². The number of amides is 2. The van der Waals surface area contributed by atoms with E-state index in [1.165, 1.54) is 6.92 Å². The molecule has 0 bridgehead atoms. The van der Waals surface area contributed by atoms with Crippen molar-refractivity contribution in [3.8, 4) is 0 Å². The van der Waals surface area contributed by atoms with E-state index in [9.17, 15) is 19.2 Å². The molecule has 1 aromatic carbocycles. The van der Waals surface area contributed by atoms with Crippen molar-refractivity contribution in [2.24, 2.45) is 17.6 Å². The van der Waals surface area contributed by atoms with E-state index in [4.69, 9.17) is 15.2 Å². The van der Waals surface area contributed by atoms with Crippen LogP contribution in [-0.2, 0) is 35.3 Å². The van der Waals surface area contributed by atoms with E-state index in [2.05, 4.69) is 10.6 Å². The van der Waals surface area contributed by atoms with Gasteiger partial charge in [-0.05, 0) is 51.0 Å². The predicted molar refractivity (Wildman–Crippen MR) is 126 cm³/mol. The molecule has 4 N–H and O–H groups in total. The molecule has 1 saturated carbocycles. The Kier molecular flexibility index (Phi) is 10.0. The summed E-state index contributed by atoms with van der Waals surface area (Å²) >= 11 is 0. The SMILES string of the molecule is CCOC(=O)C1(NC(=O)[C@H](C)NC(=O)[C@@H](N)CC(C)C)CCCC1C(=O)OCc1ccccc1. The van der Waals surface area contributed by atoms with Crippen molar-refractivity contribution < 1.29 is 28.7 Å². The number of hydrogen-bond donors (Lipinski definition) is 3. The third kappa shape index (κ3) is 7.03. The van der Waals surface area contributed by atoms with Crippen LogP contribution in [0.5, 0.6) is 0 Å². The number of hydrogen-bond acceptors (Lipinski definition) is 7. The predicted octanol–water partition coefficient (Wildman–Crippen LogP) is 1.83. The molecule has 1 aliphatic carbocycles. The molecule has 34 heavy (non-hydrogen) atoms. The molecular formula is C25H37N3O6. The highest BCUT2D eigenvalue weighted by Crippen LogP contribution is 2.38. The molecule has 1 aromatic rings. The lowest BCUT2D eigenvalue weighted by Crippen LogP contribution is -2.63. The fourth-order valence-corrected chi connectivity index (χ4v) is 4.19. The van der Waals surface area contributed by atoms with Crippen LogP contribution >= 0.6 is 0 Å². The van der Waals surface area contributed by atoms with E-state index < -0.39 is 47.3 Å². The van der Waals surface area contributed by atoms with Gasteiger partial charge in [-0.15, -0.1) is 0 Å². The van der Waals surface area contributed by atoms with Gasteiger partial charge in [0.2, 0.25) is 11.8 Å². The van der Waals surface area contributed by atoms with Crippen LogP contribution in [0, 0.1) is 11.8 Å². The van der Waals surface area contributed by atoms with Crippen molar-refractivity contribution in [1.82, 2.24) is 10.6 Å². The van der Waals surface area contributed by atoms with Gasteiger partial charge < -0.3 is 25.8 Å². The van der Waals surface area contributed by atoms with E-state index in [1.54, 1.807) is 6.92 Å². The fourth-order valence-electron chi connectivity index (χ4n) is 4.19. The molecule has 0 aromatic heterocycles. The Morgan fingerprint density at radius 2 is 1.76 bits per heavy atom. The summed E-state index contributed by atoms with van der Waals surface area (Å²) in [6.45, 7) is 7.21. The molecule has 9 heteroatoms. The second-order valence-corrected chi connectivity index (χ2v) is 9.19. The largest absolute Gasteiger partial charge is 0.464 e. The topological polar surface area (TPSA) is 137 Å². The van der Waals surface area contributed by atoms with Gasteiger partial charge >= 0.3 is 11.9 Å². The van der Waals surface area contributed by atoms with E-state index in [-0.39, 0.29) is 25.6 Å². The van der Waals surface area contributed by atoms with Gasteiger partial charge in [-0.2, -0.15) is 0 Å². The van der Waals surface area contributed by atoms with Crippen molar-refractivity contribution in [3.05, 3.63) is 35.9 Å². The van der Waals surface area contributed by atoms with Gasteiger partial charge in [0, 0.05) is 0 Å². The monoisotopic (exact) mass is 475 g/mol. The maximum atomic E-state index is 13.0. The van der Waals surface area contributed by atoms with Gasteiger partial charge in [0.1, 0.15) is 12.6 Å². The number of benzene rings is 1. The van der Waals surface area contributed by atoms with Crippen molar-refractivity contribution in [1.29, 1.82) is 0 Å². The number of rotatable bonds is 11. The third-order valence-electron chi connectivity index (χ3n) is 5.97. The number of carbonyl (C=O) groups excluding carboxylic acids is 4. The summed E-state index contributed by atoms with van der Waals surface area (Å²) in [4.78, 5) is 51.4. The van der Waals surface area contributed by atoms with E-state index in [0.717, 1.165) is 5.56 Å². The molecule has 0 radical (unpaired) electrons. The number of esters is 2. The molecule has 9 nitrogen and oxygen atoms in total. The van der Waals surface area contributed by atoms with Crippen molar-refractivity contribution in [2.75, 3.05) is 6.61 Å². The average molecular weight is 476 g/mol. The van der Waals surface area contributed by atoms with Gasteiger partial charge in [0.15, 0.2) is 5.54 Å². The quantitative estimate of drug-likeness (QED) is 0.415. The van der Waals surface area contributed by atoms with Gasteiger partial charge in [0.05, 0.1) is 18.6 Å². The zero-order valence-electron chi connectivity index (χ0n) is 20.5. The standard InChI is InChI=1S/C25H37N3O6/c1-5-33-24(32)25(28-21(29)17(4)27-22(30)20(26)14-16(2)3)13-9-12-19(25)23(31)34-15-18-10-7-6-8-11-18/h6-8,10-11,16-17,19-20H,5,9,12-15,26H2,1-4H3,(H,27,30)(H,28,29)/t17-,19?,20-,25?/m0/s1. The van der Waals surface area contributed by atoms with E-state index in [1.807, 2.05) is 44.2 Å². The smallest absolute Gasteiger partial charge is 0.332 e. The summed E-state index contributed by atoms with van der Waals surface area (Å²) in [6.07, 6.45) is 1.61. The summed E-state index contributed by atoms with van der Waals surface area (Å²) in [5, 5.41) is 5.31. The Morgan fingerprint density at radius 3 is 2.38 bits per heavy atom. The molecule has 2 amide bonds. The van der Waals surface area contributed by atoms with Crippen LogP contribution in [0.1, 0.15) is 58.9 Å². The third-order valence-corrected chi connectivity index (χ3v) is 5.97. The summed E-state index contributed by atoms with van der Waals surface area (Å²) in [5.74, 6) is -2.99. The molecule has 1 fully saturated rings. The minimum Gasteiger partial charge on any atom is -0.464 e. The lowest BCUT2D eigenvalue weighted by molar-refractivity contribution is -0.164. The lowest BCUT2D eigenvalue weighted by Gasteiger charge is -2.34. The molecule has 4 atom stereocenters. The maximum absolute atomic E-state index is 13.0. The Balaban J connectivity index is 2.14. The van der Waals surface area contributed by atoms with Crippen LogP contribution in [0.4, 0.5) is 0 Å². The molecule has 0 saturated heterocycles. The highest BCUT2D eigenvalue weighted by molar-refractivity contribution is 5.96. The Bertz CT molecular complexity index is 859. The first-order valence-corrected chi connectivity index (χ1v) is 11.9. The normalized spacial score (nSPS) is 21.4. The molecular weight excluding hydrogens is 438 g/mol. The number of ether oxygens (including phenoxy) is 2. The second-order valence-electron chi connectivity index (χ2n) is 9.19. The zero-order valence-corrected chi connectivity index (χ0v) is 20.5. The zero-order chi connectivity index (χ0) is 25.3. The van der Waals surface area contributed by atoms with E-state index >= 15 is 0 Å². The highest BCUT2D eigenvalue weighted by atomic mass is 16.5. The van der Waals surface area contributed by atoms with Crippen molar-refractivity contribution in [2.45, 2.75) is 77.6 Å². The summed E-state index contributed by atoms with van der Waals surface area (Å²) in [6, 6.07) is 7.49. The van der Waals surface area contributed by atoms with Gasteiger partial charge in [0.25, 0.3) is 0 Å². The van der Waals surface area contributed by atoms with Crippen LogP contribution in [0.25, 0.3) is 0 Å². The van der Waals surface area contributed by atoms with Crippen LogP contribution in [-0.4, -0.2) is 48.0 Å². The first kappa shape index (κ1) is 27.3. The van der Waals surface area contributed by atoms with E-state index in [0.29, 0.717) is 19.3 Å². The van der Waals surface area contributed by atoms with Crippen LogP contribution in [0.3, 0.4) is 0 Å². The Morgan fingerprint density at radius 1 is 1.09 bits per heavy atom. The van der Waals surface area contributed by atoms with Crippen LogP contribution in [0.2, 0.25) is 0 Å². The molecule has 1 aliphatic rings. The maximum Gasteiger partial charge on any atom is 0.332 e. The first-order chi connectivity index (χ1) is 16.1. The Hall–Kier alpha value is -2.94. The summed E-state index contributed by atoms with van der Waals surface area (Å²) in [5.41, 5.74) is 5.17. The summed E-state index contributed by atoms with van der Waals surface area (Å²) in [7, 11) is 0. The van der Waals surface area contributed by atoms with Gasteiger partial charge in [-0.3, -0.25) is 14.4 Å². The summed E-state index contributed by atoms with van der Waals surface area (Å²) < 4.78 is 10.7. The fraction of sp³-hybridized carbons (Fsp3) is 0.600. The first-order valence-electron chi connectivity index (χ1n) is 11.9. The lowest BCUT2D eigenvalue weighted by atomic mass is 9.86. The molecule has 0 aliphatic heterocycles. The molecule has 2 unspecified atom stereocenters. The number of nitrogens with one attached hydrogen (secondary N) is 2. The number of nitrogens with two attached hydrogens (primary N) is 1. The molecule has 0 spiro atoms. The molecule has 0 heterocycles. The van der Waals surface area contributed by atoms with Crippen LogP contribution < -0.4 is 16.4 Å².